The van der Waals surface area contributed by atoms with Gasteiger partial charge in [-0.2, -0.15) is 0 Å². The molecule has 2 aliphatic heterocycles. The lowest BCUT2D eigenvalue weighted by molar-refractivity contribution is -0.121. The minimum absolute atomic E-state index is 0.0116. The van der Waals surface area contributed by atoms with Gasteiger partial charge in [0, 0.05) is 31.3 Å². The molecular weight excluding hydrogens is 308 g/mol. The summed E-state index contributed by atoms with van der Waals surface area (Å²) >= 11 is 8.38. The number of carbonyl (C=O) groups is 1. The number of likely N-dealkylation sites (N-methyl/N-ethyl adjacent to an activating group) is 1. The molecular formula is C14H14N2OS3. The molecule has 0 aromatic heterocycles. The number of hydrogen-bond acceptors (Lipinski definition) is 5. The molecule has 2 aliphatic rings. The number of thiocarbonyl (C=S) groups is 1. The van der Waals surface area contributed by atoms with Gasteiger partial charge >= 0.3 is 0 Å². The van der Waals surface area contributed by atoms with Crippen LogP contribution in [-0.4, -0.2) is 41.5 Å². The number of thioether (sulfide) groups is 2. The predicted molar refractivity (Wildman–Crippen MR) is 91.4 cm³/mol. The second-order valence-electron chi connectivity index (χ2n) is 4.74. The minimum Gasteiger partial charge on any atom is -0.373 e. The van der Waals surface area contributed by atoms with Crippen molar-refractivity contribution in [1.82, 2.24) is 4.90 Å². The number of benzene rings is 1. The smallest absolute Gasteiger partial charge is 0.265 e. The van der Waals surface area contributed by atoms with E-state index in [-0.39, 0.29) is 5.91 Å². The fourth-order valence-electron chi connectivity index (χ4n) is 2.16. The monoisotopic (exact) mass is 322 g/mol. The third kappa shape index (κ3) is 2.47. The standard InChI is InChI=1S/C14H14N2OS3/c1-15-5-6-19-11-7-9(3-4-10(11)15)8-12-13(17)16(2)14(18)20-12/h3-4,7-8H,5-6H2,1-2H3/b12-8-. The Morgan fingerprint density at radius 2 is 2.15 bits per heavy atom. The van der Waals surface area contributed by atoms with E-state index < -0.39 is 0 Å². The Bertz CT molecular complexity index is 627. The highest BCUT2D eigenvalue weighted by Crippen LogP contribution is 2.36. The Morgan fingerprint density at radius 1 is 1.35 bits per heavy atom. The van der Waals surface area contributed by atoms with E-state index in [4.69, 9.17) is 12.2 Å². The largest absolute Gasteiger partial charge is 0.373 e. The van der Waals surface area contributed by atoms with E-state index in [0.717, 1.165) is 17.9 Å². The summed E-state index contributed by atoms with van der Waals surface area (Å²) in [5.74, 6) is 1.09. The molecule has 2 heterocycles. The number of carbonyl (C=O) groups excluding carboxylic acids is 1. The Hall–Kier alpha value is -0.980. The van der Waals surface area contributed by atoms with Crippen LogP contribution in [0.1, 0.15) is 5.56 Å². The van der Waals surface area contributed by atoms with Gasteiger partial charge in [-0.3, -0.25) is 9.69 Å². The maximum Gasteiger partial charge on any atom is 0.265 e. The predicted octanol–water partition coefficient (Wildman–Crippen LogP) is 3.06. The molecule has 0 bridgehead atoms. The first-order chi connectivity index (χ1) is 9.56. The van der Waals surface area contributed by atoms with E-state index >= 15 is 0 Å². The van der Waals surface area contributed by atoms with Gasteiger partial charge in [-0.15, -0.1) is 11.8 Å². The molecule has 1 aromatic rings. The summed E-state index contributed by atoms with van der Waals surface area (Å²) in [6, 6.07) is 6.33. The molecule has 104 valence electrons. The normalized spacial score (nSPS) is 20.8. The van der Waals surface area contributed by atoms with Crippen LogP contribution >= 0.6 is 35.7 Å². The van der Waals surface area contributed by atoms with Crippen molar-refractivity contribution in [2.75, 3.05) is 31.3 Å². The minimum atomic E-state index is -0.0116. The van der Waals surface area contributed by atoms with Gasteiger partial charge in [-0.25, -0.2) is 0 Å². The zero-order valence-corrected chi connectivity index (χ0v) is 13.7. The zero-order chi connectivity index (χ0) is 14.3. The summed E-state index contributed by atoms with van der Waals surface area (Å²) in [5, 5.41) is 0. The van der Waals surface area contributed by atoms with E-state index in [2.05, 4.69) is 30.1 Å². The number of rotatable bonds is 1. The van der Waals surface area contributed by atoms with E-state index in [9.17, 15) is 4.79 Å². The molecule has 0 atom stereocenters. The highest BCUT2D eigenvalue weighted by atomic mass is 32.2. The average molecular weight is 322 g/mol. The molecule has 6 heteroatoms. The van der Waals surface area contributed by atoms with Crippen LogP contribution in [0.5, 0.6) is 0 Å². The molecule has 0 radical (unpaired) electrons. The Kier molecular flexibility index (Phi) is 3.79. The summed E-state index contributed by atoms with van der Waals surface area (Å²) in [4.78, 5) is 17.8. The molecule has 0 spiro atoms. The maximum atomic E-state index is 12.0. The van der Waals surface area contributed by atoms with Crippen molar-refractivity contribution in [2.24, 2.45) is 0 Å². The molecule has 0 unspecified atom stereocenters. The topological polar surface area (TPSA) is 23.6 Å². The molecule has 1 amide bonds. The summed E-state index contributed by atoms with van der Waals surface area (Å²) in [5.41, 5.74) is 2.32. The average Bonchev–Trinajstić information content (AvgIpc) is 2.67. The number of amides is 1. The van der Waals surface area contributed by atoms with Gasteiger partial charge in [0.25, 0.3) is 5.91 Å². The SMILES string of the molecule is CN1C(=O)/C(=C/c2ccc3c(c2)SCCN3C)SC1=S. The number of fused-ring (bicyclic) bond motifs is 1. The lowest BCUT2D eigenvalue weighted by Crippen LogP contribution is -2.24. The molecule has 1 fully saturated rings. The van der Waals surface area contributed by atoms with Crippen molar-refractivity contribution in [3.8, 4) is 0 Å². The van der Waals surface area contributed by atoms with E-state index in [1.54, 1.807) is 7.05 Å². The molecule has 0 saturated carbocycles. The Morgan fingerprint density at radius 3 is 2.85 bits per heavy atom. The van der Waals surface area contributed by atoms with Gasteiger partial charge in [0.2, 0.25) is 0 Å². The van der Waals surface area contributed by atoms with E-state index in [0.29, 0.717) is 9.23 Å². The third-order valence-electron chi connectivity index (χ3n) is 3.36. The maximum absolute atomic E-state index is 12.0. The van der Waals surface area contributed by atoms with Crippen LogP contribution in [0.2, 0.25) is 0 Å². The summed E-state index contributed by atoms with van der Waals surface area (Å²) in [6.07, 6.45) is 1.93. The lowest BCUT2D eigenvalue weighted by Gasteiger charge is -2.27. The van der Waals surface area contributed by atoms with Crippen molar-refractivity contribution in [1.29, 1.82) is 0 Å². The van der Waals surface area contributed by atoms with Gasteiger partial charge < -0.3 is 4.90 Å². The number of anilines is 1. The van der Waals surface area contributed by atoms with Crippen LogP contribution in [0.3, 0.4) is 0 Å². The van der Waals surface area contributed by atoms with Gasteiger partial charge in [-0.05, 0) is 23.8 Å². The van der Waals surface area contributed by atoms with E-state index in [1.165, 1.54) is 27.2 Å². The van der Waals surface area contributed by atoms with E-state index in [1.807, 2.05) is 17.8 Å². The molecule has 3 nitrogen and oxygen atoms in total. The van der Waals surface area contributed by atoms with Crippen molar-refractivity contribution in [2.45, 2.75) is 4.90 Å². The zero-order valence-electron chi connectivity index (χ0n) is 11.3. The molecule has 20 heavy (non-hydrogen) atoms. The van der Waals surface area contributed by atoms with Crippen LogP contribution in [0.15, 0.2) is 28.0 Å². The second-order valence-corrected chi connectivity index (χ2v) is 7.55. The first-order valence-corrected chi connectivity index (χ1v) is 8.47. The first kappa shape index (κ1) is 14.0. The van der Waals surface area contributed by atoms with Crippen molar-refractivity contribution in [3.63, 3.8) is 0 Å². The molecule has 1 saturated heterocycles. The molecule has 1 aromatic carbocycles. The van der Waals surface area contributed by atoms with Crippen LogP contribution in [-0.2, 0) is 4.79 Å². The fraction of sp³-hybridized carbons (Fsp3) is 0.286. The highest BCUT2D eigenvalue weighted by Gasteiger charge is 2.28. The molecule has 0 N–H and O–H groups in total. The van der Waals surface area contributed by atoms with Crippen molar-refractivity contribution >= 4 is 57.7 Å². The second kappa shape index (κ2) is 5.42. The lowest BCUT2D eigenvalue weighted by atomic mass is 10.1. The van der Waals surface area contributed by atoms with Gasteiger partial charge in [0.1, 0.15) is 4.32 Å². The van der Waals surface area contributed by atoms with Gasteiger partial charge in [0.05, 0.1) is 10.6 Å². The Labute approximate surface area is 132 Å². The molecule has 3 rings (SSSR count). The van der Waals surface area contributed by atoms with Gasteiger partial charge in [-0.1, -0.05) is 30.0 Å². The van der Waals surface area contributed by atoms with Gasteiger partial charge in [0.15, 0.2) is 0 Å². The van der Waals surface area contributed by atoms with Crippen LogP contribution in [0.25, 0.3) is 6.08 Å². The van der Waals surface area contributed by atoms with Crippen molar-refractivity contribution < 1.29 is 4.79 Å². The summed E-state index contributed by atoms with van der Waals surface area (Å²) in [7, 11) is 3.83. The molecule has 0 aliphatic carbocycles. The van der Waals surface area contributed by atoms with Crippen LogP contribution in [0, 0.1) is 0 Å². The van der Waals surface area contributed by atoms with Crippen LogP contribution < -0.4 is 4.90 Å². The fourth-order valence-corrected chi connectivity index (χ4v) is 4.52. The third-order valence-corrected chi connectivity index (χ3v) is 5.87. The highest BCUT2D eigenvalue weighted by molar-refractivity contribution is 8.26. The number of nitrogens with zero attached hydrogens (tertiary/aromatic N) is 2. The summed E-state index contributed by atoms with van der Waals surface area (Å²) < 4.78 is 0.619. The van der Waals surface area contributed by atoms with Crippen molar-refractivity contribution in [3.05, 3.63) is 28.7 Å². The number of hydrogen-bond donors (Lipinski definition) is 0. The quantitative estimate of drug-likeness (QED) is 0.584. The Balaban J connectivity index is 1.93. The summed E-state index contributed by atoms with van der Waals surface area (Å²) in [6.45, 7) is 1.07. The first-order valence-electron chi connectivity index (χ1n) is 6.26. The van der Waals surface area contributed by atoms with Crippen LogP contribution in [0.4, 0.5) is 5.69 Å².